The molecule has 30 heavy (non-hydrogen) atoms. The van der Waals surface area contributed by atoms with E-state index in [1.165, 1.54) is 0 Å². The molecule has 6 heteroatoms. The van der Waals surface area contributed by atoms with Gasteiger partial charge in [-0.05, 0) is 47.9 Å². The first-order valence-corrected chi connectivity index (χ1v) is 9.88. The quantitative estimate of drug-likeness (QED) is 0.627. The van der Waals surface area contributed by atoms with Crippen molar-refractivity contribution in [3.8, 4) is 17.5 Å². The van der Waals surface area contributed by atoms with Crippen LogP contribution < -0.4 is 10.1 Å². The minimum absolute atomic E-state index is 0.108. The van der Waals surface area contributed by atoms with Crippen LogP contribution in [0.5, 0.6) is 5.75 Å². The number of carbonyl (C=O) groups is 1. The molecule has 1 aliphatic heterocycles. The summed E-state index contributed by atoms with van der Waals surface area (Å²) in [6.45, 7) is 0. The van der Waals surface area contributed by atoms with Gasteiger partial charge in [0, 0.05) is 17.4 Å². The van der Waals surface area contributed by atoms with Crippen LogP contribution in [0, 0.1) is 16.0 Å². The number of hydrogen-bond donors (Lipinski definition) is 1. The molecule has 0 fully saturated rings. The normalized spacial score (nSPS) is 16.0. The fourth-order valence-corrected chi connectivity index (χ4v) is 4.00. The van der Waals surface area contributed by atoms with Gasteiger partial charge in [-0.1, -0.05) is 48.6 Å². The number of aromatic nitrogens is 1. The number of nitrogens with zero attached hydrogens (tertiary/aromatic N) is 2. The number of ether oxygens (including phenoxy) is 1. The van der Waals surface area contributed by atoms with Crippen molar-refractivity contribution in [3.63, 3.8) is 0 Å². The van der Waals surface area contributed by atoms with E-state index in [2.05, 4.69) is 11.4 Å². The third-order valence-corrected chi connectivity index (χ3v) is 5.60. The second-order valence-corrected chi connectivity index (χ2v) is 7.29. The summed E-state index contributed by atoms with van der Waals surface area (Å²) in [7, 11) is 1.61. The third kappa shape index (κ3) is 3.63. The van der Waals surface area contributed by atoms with Gasteiger partial charge in [0.2, 0.25) is 0 Å². The van der Waals surface area contributed by atoms with E-state index in [0.717, 1.165) is 22.6 Å². The number of nitriles is 1. The van der Waals surface area contributed by atoms with Gasteiger partial charge in [-0.15, -0.1) is 0 Å². The lowest BCUT2D eigenvalue weighted by molar-refractivity contribution is -0.118. The number of nitrogens with one attached hydrogen (secondary N) is 1. The van der Waals surface area contributed by atoms with Gasteiger partial charge in [-0.2, -0.15) is 5.26 Å². The average Bonchev–Trinajstić information content (AvgIpc) is 2.79. The van der Waals surface area contributed by atoms with Crippen molar-refractivity contribution in [2.24, 2.45) is 0 Å². The van der Waals surface area contributed by atoms with Gasteiger partial charge in [0.25, 0.3) is 5.91 Å². The standard InChI is InChI=1S/C24H19N3O2S/c1-29-18-11-9-16(10-12-18)22-14-20(21(15-25)23(28)26-22)19-8-5-13-27(24(19)30)17-6-3-2-4-7-17/h2-13,22H,14H2,1H3,(H,26,28). The minimum atomic E-state index is -0.385. The third-order valence-electron chi connectivity index (χ3n) is 5.18. The topological polar surface area (TPSA) is 67.0 Å². The molecule has 1 unspecified atom stereocenters. The van der Waals surface area contributed by atoms with Crippen molar-refractivity contribution >= 4 is 23.7 Å². The van der Waals surface area contributed by atoms with E-state index in [4.69, 9.17) is 17.0 Å². The molecular weight excluding hydrogens is 394 g/mol. The van der Waals surface area contributed by atoms with E-state index in [9.17, 15) is 10.1 Å². The molecule has 2 aromatic carbocycles. The zero-order chi connectivity index (χ0) is 21.1. The fraction of sp³-hybridized carbons (Fsp3) is 0.125. The Labute approximate surface area is 179 Å². The largest absolute Gasteiger partial charge is 0.497 e. The predicted molar refractivity (Wildman–Crippen MR) is 118 cm³/mol. The van der Waals surface area contributed by atoms with E-state index in [-0.39, 0.29) is 17.5 Å². The van der Waals surface area contributed by atoms with Crippen molar-refractivity contribution in [2.45, 2.75) is 12.5 Å². The molecule has 2 heterocycles. The number of benzene rings is 2. The summed E-state index contributed by atoms with van der Waals surface area (Å²) in [4.78, 5) is 12.7. The number of carbonyl (C=O) groups excluding carboxylic acids is 1. The summed E-state index contributed by atoms with van der Waals surface area (Å²) in [6.07, 6.45) is 2.36. The number of amides is 1. The Kier molecular flexibility index (Phi) is 5.46. The molecule has 1 aliphatic rings. The van der Waals surface area contributed by atoms with E-state index in [1.807, 2.05) is 77.5 Å². The Balaban J connectivity index is 1.79. The van der Waals surface area contributed by atoms with E-state index in [0.29, 0.717) is 16.6 Å². The van der Waals surface area contributed by atoms with Crippen molar-refractivity contribution in [2.75, 3.05) is 7.11 Å². The Hall–Kier alpha value is -3.69. The number of hydrogen-bond acceptors (Lipinski definition) is 4. The van der Waals surface area contributed by atoms with Gasteiger partial charge < -0.3 is 14.6 Å². The highest BCUT2D eigenvalue weighted by Gasteiger charge is 2.29. The van der Waals surface area contributed by atoms with Crippen LogP contribution in [-0.4, -0.2) is 17.6 Å². The highest BCUT2D eigenvalue weighted by Crippen LogP contribution is 2.35. The van der Waals surface area contributed by atoms with Gasteiger partial charge in [0.15, 0.2) is 0 Å². The lowest BCUT2D eigenvalue weighted by atomic mass is 9.88. The van der Waals surface area contributed by atoms with Gasteiger partial charge >= 0.3 is 0 Å². The maximum atomic E-state index is 12.7. The maximum absolute atomic E-state index is 12.7. The molecule has 5 nitrogen and oxygen atoms in total. The lowest BCUT2D eigenvalue weighted by Gasteiger charge is -2.27. The van der Waals surface area contributed by atoms with Crippen molar-refractivity contribution in [3.05, 3.63) is 94.3 Å². The molecule has 1 N–H and O–H groups in total. The van der Waals surface area contributed by atoms with Crippen molar-refractivity contribution < 1.29 is 9.53 Å². The smallest absolute Gasteiger partial charge is 0.262 e. The number of pyridine rings is 1. The van der Waals surface area contributed by atoms with Crippen LogP contribution in [0.25, 0.3) is 11.3 Å². The molecule has 1 aromatic heterocycles. The van der Waals surface area contributed by atoms with E-state index < -0.39 is 0 Å². The van der Waals surface area contributed by atoms with Crippen LogP contribution in [0.4, 0.5) is 0 Å². The molecule has 0 radical (unpaired) electrons. The summed E-state index contributed by atoms with van der Waals surface area (Å²) in [6, 6.07) is 22.9. The molecule has 0 bridgehead atoms. The van der Waals surface area contributed by atoms with Gasteiger partial charge in [-0.25, -0.2) is 0 Å². The van der Waals surface area contributed by atoms with E-state index in [1.54, 1.807) is 7.11 Å². The Morgan fingerprint density at radius 2 is 1.83 bits per heavy atom. The molecule has 4 rings (SSSR count). The van der Waals surface area contributed by atoms with Crippen LogP contribution in [-0.2, 0) is 4.79 Å². The van der Waals surface area contributed by atoms with Gasteiger partial charge in [0.05, 0.1) is 13.2 Å². The summed E-state index contributed by atoms with van der Waals surface area (Å²) in [5.41, 5.74) is 3.36. The van der Waals surface area contributed by atoms with Crippen LogP contribution in [0.15, 0.2) is 78.5 Å². The van der Waals surface area contributed by atoms with Crippen LogP contribution in [0.3, 0.4) is 0 Å². The molecule has 0 aliphatic carbocycles. The summed E-state index contributed by atoms with van der Waals surface area (Å²) in [5, 5.41) is 12.6. The zero-order valence-electron chi connectivity index (χ0n) is 16.3. The first-order chi connectivity index (χ1) is 14.6. The molecule has 1 amide bonds. The second kappa shape index (κ2) is 8.36. The molecule has 1 atom stereocenters. The van der Waals surface area contributed by atoms with Crippen LogP contribution >= 0.6 is 12.2 Å². The number of rotatable bonds is 4. The fourth-order valence-electron chi connectivity index (χ4n) is 3.64. The molecule has 0 spiro atoms. The van der Waals surface area contributed by atoms with Crippen molar-refractivity contribution in [1.29, 1.82) is 5.26 Å². The average molecular weight is 414 g/mol. The van der Waals surface area contributed by atoms with E-state index >= 15 is 0 Å². The minimum Gasteiger partial charge on any atom is -0.497 e. The van der Waals surface area contributed by atoms with Crippen LogP contribution in [0.2, 0.25) is 0 Å². The molecule has 148 valence electrons. The first kappa shape index (κ1) is 19.6. The molecule has 0 saturated carbocycles. The summed E-state index contributed by atoms with van der Waals surface area (Å²) < 4.78 is 7.67. The lowest BCUT2D eigenvalue weighted by Crippen LogP contribution is -2.34. The SMILES string of the molecule is COc1ccc(C2CC(c3cccn(-c4ccccc4)c3=S)=C(C#N)C(=O)N2)cc1. The predicted octanol–water partition coefficient (Wildman–Crippen LogP) is 4.75. The highest BCUT2D eigenvalue weighted by atomic mass is 32.1. The Morgan fingerprint density at radius 1 is 1.10 bits per heavy atom. The Morgan fingerprint density at radius 3 is 2.50 bits per heavy atom. The molecule has 3 aromatic rings. The molecular formula is C24H19N3O2S. The number of para-hydroxylation sites is 1. The van der Waals surface area contributed by atoms with Crippen molar-refractivity contribution in [1.82, 2.24) is 9.88 Å². The summed E-state index contributed by atoms with van der Waals surface area (Å²) >= 11 is 5.75. The zero-order valence-corrected chi connectivity index (χ0v) is 17.1. The summed E-state index contributed by atoms with van der Waals surface area (Å²) in [5.74, 6) is 0.359. The Bertz CT molecular complexity index is 1220. The second-order valence-electron chi connectivity index (χ2n) is 6.90. The van der Waals surface area contributed by atoms with Gasteiger partial charge in [0.1, 0.15) is 22.0 Å². The molecule has 0 saturated heterocycles. The number of methoxy groups -OCH3 is 1. The first-order valence-electron chi connectivity index (χ1n) is 9.48. The highest BCUT2D eigenvalue weighted by molar-refractivity contribution is 7.71. The van der Waals surface area contributed by atoms with Crippen LogP contribution in [0.1, 0.15) is 23.6 Å². The monoisotopic (exact) mass is 413 g/mol. The maximum Gasteiger partial charge on any atom is 0.262 e. The van der Waals surface area contributed by atoms with Gasteiger partial charge in [-0.3, -0.25) is 4.79 Å².